The summed E-state index contributed by atoms with van der Waals surface area (Å²) >= 11 is 11.4. The molecule has 94 valence electrons. The Morgan fingerprint density at radius 2 is 2.00 bits per heavy atom. The zero-order valence-electron chi connectivity index (χ0n) is 8.52. The average Bonchev–Trinajstić information content (AvgIpc) is 2.14. The summed E-state index contributed by atoms with van der Waals surface area (Å²) in [6.45, 7) is 1.15. The van der Waals surface area contributed by atoms with Crippen LogP contribution in [0.3, 0.4) is 0 Å². The molecule has 0 aliphatic heterocycles. The van der Waals surface area contributed by atoms with Crippen LogP contribution < -0.4 is 4.74 Å². The Labute approximate surface area is 105 Å². The van der Waals surface area contributed by atoms with Crippen molar-refractivity contribution in [3.63, 3.8) is 0 Å². The van der Waals surface area contributed by atoms with E-state index in [2.05, 4.69) is 4.74 Å². The molecule has 1 aromatic rings. The highest BCUT2D eigenvalue weighted by Gasteiger charge is 2.34. The number of ether oxygens (including phenoxy) is 1. The fraction of sp³-hybridized carbons (Fsp3) is 0.300. The van der Waals surface area contributed by atoms with E-state index in [4.69, 9.17) is 23.2 Å². The third-order valence-corrected chi connectivity index (χ3v) is 2.70. The van der Waals surface area contributed by atoms with Gasteiger partial charge in [-0.2, -0.15) is 0 Å². The lowest BCUT2D eigenvalue weighted by molar-refractivity contribution is -0.274. The topological polar surface area (TPSA) is 26.3 Å². The monoisotopic (exact) mass is 286 g/mol. The number of alkyl halides is 4. The van der Waals surface area contributed by atoms with Crippen LogP contribution >= 0.6 is 23.2 Å². The highest BCUT2D eigenvalue weighted by atomic mass is 35.5. The predicted octanol–water partition coefficient (Wildman–Crippen LogP) is 4.11. The second-order valence-corrected chi connectivity index (χ2v) is 4.02. The minimum absolute atomic E-state index is 0.0537. The van der Waals surface area contributed by atoms with Crippen molar-refractivity contribution >= 4 is 29.0 Å². The molecule has 1 atom stereocenters. The first-order valence-corrected chi connectivity index (χ1v) is 5.22. The zero-order valence-corrected chi connectivity index (χ0v) is 10.0. The first-order chi connectivity index (χ1) is 7.72. The lowest BCUT2D eigenvalue weighted by Gasteiger charge is -2.16. The largest absolute Gasteiger partial charge is 0.573 e. The van der Waals surface area contributed by atoms with E-state index in [0.29, 0.717) is 0 Å². The number of halogens is 5. The lowest BCUT2D eigenvalue weighted by atomic mass is 10.1. The van der Waals surface area contributed by atoms with Gasteiger partial charge < -0.3 is 4.74 Å². The van der Waals surface area contributed by atoms with Crippen LogP contribution in [-0.2, 0) is 4.79 Å². The van der Waals surface area contributed by atoms with Crippen molar-refractivity contribution in [2.24, 2.45) is 0 Å². The standard InChI is InChI=1S/C10H7Cl2F3O2/c1-5(16)9(12)8-6(11)3-2-4-7(8)17-10(13,14)15/h2-4,9H,1H3. The third-order valence-electron chi connectivity index (χ3n) is 1.85. The van der Waals surface area contributed by atoms with Crippen molar-refractivity contribution in [2.45, 2.75) is 18.7 Å². The number of benzene rings is 1. The number of hydrogen-bond donors (Lipinski definition) is 0. The summed E-state index contributed by atoms with van der Waals surface area (Å²) in [6, 6.07) is 3.65. The molecule has 0 aliphatic rings. The first kappa shape index (κ1) is 14.1. The van der Waals surface area contributed by atoms with Crippen molar-refractivity contribution in [3.8, 4) is 5.75 Å². The van der Waals surface area contributed by atoms with Crippen LogP contribution in [0.4, 0.5) is 13.2 Å². The number of Topliss-reactive ketones (excluding diaryl/α,β-unsaturated/α-hetero) is 1. The highest BCUT2D eigenvalue weighted by molar-refractivity contribution is 6.36. The fourth-order valence-electron chi connectivity index (χ4n) is 1.18. The van der Waals surface area contributed by atoms with Gasteiger partial charge in [0.15, 0.2) is 5.78 Å². The molecule has 0 aromatic heterocycles. The molecular weight excluding hydrogens is 280 g/mol. The molecule has 7 heteroatoms. The molecule has 1 aromatic carbocycles. The smallest absolute Gasteiger partial charge is 0.405 e. The van der Waals surface area contributed by atoms with Crippen LogP contribution in [-0.4, -0.2) is 12.1 Å². The van der Waals surface area contributed by atoms with Gasteiger partial charge in [0.2, 0.25) is 0 Å². The molecule has 0 bridgehead atoms. The van der Waals surface area contributed by atoms with Crippen LogP contribution in [0.2, 0.25) is 5.02 Å². The molecule has 1 rings (SSSR count). The van der Waals surface area contributed by atoms with E-state index < -0.39 is 23.3 Å². The van der Waals surface area contributed by atoms with Gasteiger partial charge in [0.25, 0.3) is 0 Å². The van der Waals surface area contributed by atoms with Crippen LogP contribution in [0.1, 0.15) is 17.9 Å². The van der Waals surface area contributed by atoms with E-state index >= 15 is 0 Å². The molecule has 17 heavy (non-hydrogen) atoms. The van der Waals surface area contributed by atoms with Gasteiger partial charge in [0.05, 0.1) is 0 Å². The molecule has 0 fully saturated rings. The van der Waals surface area contributed by atoms with Crippen LogP contribution in [0.5, 0.6) is 5.75 Å². The number of carbonyl (C=O) groups excluding carboxylic acids is 1. The van der Waals surface area contributed by atoms with Crippen molar-refractivity contribution < 1.29 is 22.7 Å². The Balaban J connectivity index is 3.22. The molecule has 0 aliphatic carbocycles. The zero-order chi connectivity index (χ0) is 13.2. The quantitative estimate of drug-likeness (QED) is 0.782. The van der Waals surface area contributed by atoms with Gasteiger partial charge in [-0.25, -0.2) is 0 Å². The average molecular weight is 287 g/mol. The van der Waals surface area contributed by atoms with Crippen molar-refractivity contribution in [1.29, 1.82) is 0 Å². The molecule has 0 amide bonds. The van der Waals surface area contributed by atoms with E-state index in [-0.39, 0.29) is 10.6 Å². The second kappa shape index (κ2) is 5.14. The fourth-order valence-corrected chi connectivity index (χ4v) is 1.74. The van der Waals surface area contributed by atoms with E-state index in [1.165, 1.54) is 12.1 Å². The van der Waals surface area contributed by atoms with E-state index in [1.807, 2.05) is 0 Å². The van der Waals surface area contributed by atoms with Crippen molar-refractivity contribution in [3.05, 3.63) is 28.8 Å². The lowest BCUT2D eigenvalue weighted by Crippen LogP contribution is -2.19. The van der Waals surface area contributed by atoms with E-state index in [9.17, 15) is 18.0 Å². The molecule has 1 unspecified atom stereocenters. The molecule has 0 heterocycles. The molecule has 0 saturated heterocycles. The highest BCUT2D eigenvalue weighted by Crippen LogP contribution is 2.38. The summed E-state index contributed by atoms with van der Waals surface area (Å²) in [4.78, 5) is 11.1. The minimum atomic E-state index is -4.87. The minimum Gasteiger partial charge on any atom is -0.405 e. The summed E-state index contributed by atoms with van der Waals surface area (Å²) < 4.78 is 40.1. The van der Waals surface area contributed by atoms with Gasteiger partial charge in [-0.05, 0) is 19.1 Å². The second-order valence-electron chi connectivity index (χ2n) is 3.17. The van der Waals surface area contributed by atoms with Crippen molar-refractivity contribution in [2.75, 3.05) is 0 Å². The molecular formula is C10H7Cl2F3O2. The SMILES string of the molecule is CC(=O)C(Cl)c1c(Cl)cccc1OC(F)(F)F. The van der Waals surface area contributed by atoms with E-state index in [1.54, 1.807) is 0 Å². The van der Waals surface area contributed by atoms with Crippen LogP contribution in [0.25, 0.3) is 0 Å². The van der Waals surface area contributed by atoms with Gasteiger partial charge in [-0.1, -0.05) is 17.7 Å². The molecule has 2 nitrogen and oxygen atoms in total. The van der Waals surface area contributed by atoms with Gasteiger partial charge in [-0.15, -0.1) is 24.8 Å². The molecule has 0 N–H and O–H groups in total. The summed E-state index contributed by atoms with van der Waals surface area (Å²) in [5.74, 6) is -1.09. The van der Waals surface area contributed by atoms with E-state index in [0.717, 1.165) is 13.0 Å². The van der Waals surface area contributed by atoms with Gasteiger partial charge in [-0.3, -0.25) is 4.79 Å². The first-order valence-electron chi connectivity index (χ1n) is 4.41. The normalized spacial score (nSPS) is 13.3. The summed E-state index contributed by atoms with van der Waals surface area (Å²) in [5, 5.41) is -1.33. The maximum atomic E-state index is 12.1. The number of carbonyl (C=O) groups is 1. The predicted molar refractivity (Wildman–Crippen MR) is 57.4 cm³/mol. The summed E-state index contributed by atoms with van der Waals surface area (Å²) in [5.41, 5.74) is -0.180. The molecule has 0 radical (unpaired) electrons. The number of rotatable bonds is 3. The van der Waals surface area contributed by atoms with Crippen molar-refractivity contribution in [1.82, 2.24) is 0 Å². The molecule has 0 spiro atoms. The Bertz CT molecular complexity index is 432. The van der Waals surface area contributed by atoms with Crippen LogP contribution in [0.15, 0.2) is 18.2 Å². The number of ketones is 1. The Hall–Kier alpha value is -0.940. The Kier molecular flexibility index (Phi) is 4.27. The molecule has 0 saturated carbocycles. The summed E-state index contributed by atoms with van der Waals surface area (Å²) in [7, 11) is 0. The van der Waals surface area contributed by atoms with Crippen LogP contribution in [0, 0.1) is 0 Å². The Morgan fingerprint density at radius 1 is 1.41 bits per heavy atom. The maximum Gasteiger partial charge on any atom is 0.573 e. The maximum absolute atomic E-state index is 12.1. The number of hydrogen-bond acceptors (Lipinski definition) is 2. The Morgan fingerprint density at radius 3 is 2.47 bits per heavy atom. The van der Waals surface area contributed by atoms with Gasteiger partial charge >= 0.3 is 6.36 Å². The van der Waals surface area contributed by atoms with Gasteiger partial charge in [0.1, 0.15) is 11.1 Å². The third kappa shape index (κ3) is 3.78. The summed E-state index contributed by atoms with van der Waals surface area (Å²) in [6.07, 6.45) is -4.87. The van der Waals surface area contributed by atoms with Gasteiger partial charge in [0, 0.05) is 10.6 Å².